The second-order valence-corrected chi connectivity index (χ2v) is 7.75. The molecule has 0 aliphatic carbocycles. The van der Waals surface area contributed by atoms with Crippen LogP contribution in [0.5, 0.6) is 0 Å². The first kappa shape index (κ1) is 20.4. The third-order valence-corrected chi connectivity index (χ3v) is 5.49. The van der Waals surface area contributed by atoms with Gasteiger partial charge in [0.1, 0.15) is 0 Å². The van der Waals surface area contributed by atoms with E-state index in [-0.39, 0.29) is 5.82 Å². The summed E-state index contributed by atoms with van der Waals surface area (Å²) in [6, 6.07) is 19.6. The maximum absolute atomic E-state index is 12.8. The summed E-state index contributed by atoms with van der Waals surface area (Å²) >= 11 is 18.5. The van der Waals surface area contributed by atoms with Crippen LogP contribution in [0.15, 0.2) is 66.7 Å². The van der Waals surface area contributed by atoms with Gasteiger partial charge in [0.15, 0.2) is 5.82 Å². The van der Waals surface area contributed by atoms with Crippen LogP contribution < -0.4 is 5.32 Å². The number of aromatic nitrogens is 3. The summed E-state index contributed by atoms with van der Waals surface area (Å²) < 4.78 is 1.60. The van der Waals surface area contributed by atoms with Crippen LogP contribution >= 0.6 is 34.8 Å². The molecule has 0 fully saturated rings. The van der Waals surface area contributed by atoms with Gasteiger partial charge >= 0.3 is 0 Å². The van der Waals surface area contributed by atoms with Gasteiger partial charge in [-0.1, -0.05) is 53.0 Å². The Morgan fingerprint density at radius 1 is 0.900 bits per heavy atom. The number of rotatable bonds is 4. The predicted molar refractivity (Wildman–Crippen MR) is 121 cm³/mol. The number of carbonyl (C=O) groups is 1. The molecule has 0 radical (unpaired) electrons. The summed E-state index contributed by atoms with van der Waals surface area (Å²) in [7, 11) is 0. The first-order valence-electron chi connectivity index (χ1n) is 8.98. The van der Waals surface area contributed by atoms with Crippen LogP contribution in [0.4, 0.5) is 5.69 Å². The van der Waals surface area contributed by atoms with E-state index in [0.29, 0.717) is 26.6 Å². The normalized spacial score (nSPS) is 10.8. The fourth-order valence-corrected chi connectivity index (χ4v) is 3.41. The molecular weight excluding hydrogens is 443 g/mol. The Hall–Kier alpha value is -2.86. The standard InChI is InChI=1S/C22H15Cl3N4O/c1-13-16(24)6-4-8-19(13)29-21(14-9-11-15(23)12-10-14)27-20(28-29)22(30)26-18-7-3-2-5-17(18)25/h2-12H,1H3,(H,26,30). The van der Waals surface area contributed by atoms with Gasteiger partial charge in [-0.2, -0.15) is 0 Å². The third kappa shape index (κ3) is 4.05. The fraction of sp³-hybridized carbons (Fsp3) is 0.0455. The van der Waals surface area contributed by atoms with Crippen molar-refractivity contribution in [1.82, 2.24) is 14.8 Å². The van der Waals surface area contributed by atoms with Gasteiger partial charge in [0, 0.05) is 15.6 Å². The lowest BCUT2D eigenvalue weighted by Crippen LogP contribution is -2.14. The molecule has 3 aromatic carbocycles. The molecule has 8 heteroatoms. The van der Waals surface area contributed by atoms with Crippen molar-refractivity contribution in [3.8, 4) is 17.1 Å². The van der Waals surface area contributed by atoms with Crippen molar-refractivity contribution >= 4 is 46.4 Å². The Morgan fingerprint density at radius 2 is 1.60 bits per heavy atom. The zero-order valence-electron chi connectivity index (χ0n) is 15.7. The van der Waals surface area contributed by atoms with Crippen LogP contribution in [0.1, 0.15) is 16.2 Å². The minimum atomic E-state index is -0.475. The lowest BCUT2D eigenvalue weighted by molar-refractivity contribution is 0.101. The number of hydrogen-bond acceptors (Lipinski definition) is 3. The molecule has 0 aliphatic rings. The number of para-hydroxylation sites is 1. The van der Waals surface area contributed by atoms with E-state index in [1.807, 2.05) is 31.2 Å². The van der Waals surface area contributed by atoms with E-state index in [0.717, 1.165) is 16.8 Å². The lowest BCUT2D eigenvalue weighted by atomic mass is 10.1. The monoisotopic (exact) mass is 456 g/mol. The molecule has 1 heterocycles. The van der Waals surface area contributed by atoms with E-state index in [1.54, 1.807) is 47.1 Å². The van der Waals surface area contributed by atoms with Crippen molar-refractivity contribution in [3.05, 3.63) is 93.2 Å². The molecule has 5 nitrogen and oxygen atoms in total. The number of anilines is 1. The molecule has 0 bridgehead atoms. The molecule has 1 aromatic heterocycles. The number of benzene rings is 3. The molecule has 4 rings (SSSR count). The number of nitrogens with zero attached hydrogens (tertiary/aromatic N) is 3. The van der Waals surface area contributed by atoms with Gasteiger partial charge in [-0.3, -0.25) is 4.79 Å². The van der Waals surface area contributed by atoms with Crippen molar-refractivity contribution in [3.63, 3.8) is 0 Å². The average Bonchev–Trinajstić information content (AvgIpc) is 3.17. The Kier molecular flexibility index (Phi) is 5.77. The van der Waals surface area contributed by atoms with E-state index >= 15 is 0 Å². The zero-order valence-corrected chi connectivity index (χ0v) is 18.0. The largest absolute Gasteiger partial charge is 0.318 e. The molecule has 0 saturated heterocycles. The maximum atomic E-state index is 12.8. The van der Waals surface area contributed by atoms with Crippen LogP contribution in [-0.2, 0) is 0 Å². The second kappa shape index (κ2) is 8.48. The summed E-state index contributed by atoms with van der Waals surface area (Å²) in [4.78, 5) is 17.3. The van der Waals surface area contributed by atoms with Gasteiger partial charge in [0.25, 0.3) is 5.91 Å². The molecule has 30 heavy (non-hydrogen) atoms. The summed E-state index contributed by atoms with van der Waals surface area (Å²) in [5, 5.41) is 8.83. The molecule has 4 aromatic rings. The molecule has 0 aliphatic heterocycles. The van der Waals surface area contributed by atoms with Crippen LogP contribution in [0, 0.1) is 6.92 Å². The highest BCUT2D eigenvalue weighted by Crippen LogP contribution is 2.28. The molecule has 1 amide bonds. The van der Waals surface area contributed by atoms with Crippen LogP contribution in [0.25, 0.3) is 17.1 Å². The molecule has 1 N–H and O–H groups in total. The minimum absolute atomic E-state index is 0.000699. The van der Waals surface area contributed by atoms with E-state index in [2.05, 4.69) is 15.4 Å². The highest BCUT2D eigenvalue weighted by atomic mass is 35.5. The molecule has 0 atom stereocenters. The quantitative estimate of drug-likeness (QED) is 0.383. The summed E-state index contributed by atoms with van der Waals surface area (Å²) in [6.45, 7) is 1.88. The third-order valence-electron chi connectivity index (χ3n) is 4.50. The van der Waals surface area contributed by atoms with Crippen molar-refractivity contribution in [1.29, 1.82) is 0 Å². The zero-order chi connectivity index (χ0) is 21.3. The van der Waals surface area contributed by atoms with Crippen molar-refractivity contribution < 1.29 is 4.79 Å². The van der Waals surface area contributed by atoms with Crippen molar-refractivity contribution in [2.24, 2.45) is 0 Å². The molecule has 0 unspecified atom stereocenters. The van der Waals surface area contributed by atoms with Gasteiger partial charge in [0.05, 0.1) is 16.4 Å². The van der Waals surface area contributed by atoms with Gasteiger partial charge in [0.2, 0.25) is 5.82 Å². The number of halogens is 3. The van der Waals surface area contributed by atoms with Crippen LogP contribution in [-0.4, -0.2) is 20.7 Å². The number of amides is 1. The summed E-state index contributed by atoms with van der Waals surface area (Å²) in [6.07, 6.45) is 0. The smallest absolute Gasteiger partial charge is 0.295 e. The van der Waals surface area contributed by atoms with Crippen LogP contribution in [0.3, 0.4) is 0 Å². The Bertz CT molecular complexity index is 1240. The van der Waals surface area contributed by atoms with E-state index in [4.69, 9.17) is 34.8 Å². The van der Waals surface area contributed by atoms with Gasteiger partial charge in [-0.25, -0.2) is 9.67 Å². The highest BCUT2D eigenvalue weighted by Gasteiger charge is 2.21. The fourth-order valence-electron chi connectivity index (χ4n) is 2.93. The minimum Gasteiger partial charge on any atom is -0.318 e. The number of hydrogen-bond donors (Lipinski definition) is 1. The Balaban J connectivity index is 1.81. The first-order chi connectivity index (χ1) is 14.4. The van der Waals surface area contributed by atoms with Gasteiger partial charge < -0.3 is 5.32 Å². The van der Waals surface area contributed by atoms with Crippen LogP contribution in [0.2, 0.25) is 15.1 Å². The molecule has 150 valence electrons. The molecular formula is C22H15Cl3N4O. The Labute approximate surface area is 188 Å². The molecule has 0 spiro atoms. The van der Waals surface area contributed by atoms with Gasteiger partial charge in [-0.05, 0) is 61.0 Å². The SMILES string of the molecule is Cc1c(Cl)cccc1-n1nc(C(=O)Nc2ccccc2Cl)nc1-c1ccc(Cl)cc1. The maximum Gasteiger partial charge on any atom is 0.295 e. The second-order valence-electron chi connectivity index (χ2n) is 6.50. The summed E-state index contributed by atoms with van der Waals surface area (Å²) in [5.74, 6) is 0.0114. The topological polar surface area (TPSA) is 59.8 Å². The summed E-state index contributed by atoms with van der Waals surface area (Å²) in [5.41, 5.74) is 2.77. The van der Waals surface area contributed by atoms with Gasteiger partial charge in [-0.15, -0.1) is 5.10 Å². The predicted octanol–water partition coefficient (Wildman–Crippen LogP) is 6.46. The first-order valence-corrected chi connectivity index (χ1v) is 10.1. The van der Waals surface area contributed by atoms with Crippen molar-refractivity contribution in [2.75, 3.05) is 5.32 Å². The van der Waals surface area contributed by atoms with E-state index in [1.165, 1.54) is 0 Å². The number of carbonyl (C=O) groups excluding carboxylic acids is 1. The van der Waals surface area contributed by atoms with Crippen molar-refractivity contribution in [2.45, 2.75) is 6.92 Å². The number of nitrogens with one attached hydrogen (secondary N) is 1. The Morgan fingerprint density at radius 3 is 2.33 bits per heavy atom. The van der Waals surface area contributed by atoms with E-state index in [9.17, 15) is 4.79 Å². The molecule has 0 saturated carbocycles. The average molecular weight is 458 g/mol. The highest BCUT2D eigenvalue weighted by molar-refractivity contribution is 6.34. The lowest BCUT2D eigenvalue weighted by Gasteiger charge is -2.10. The van der Waals surface area contributed by atoms with E-state index < -0.39 is 5.91 Å².